The van der Waals surface area contributed by atoms with E-state index < -0.39 is 0 Å². The first-order valence-electron chi connectivity index (χ1n) is 3.53. The second-order valence-electron chi connectivity index (χ2n) is 2.62. The van der Waals surface area contributed by atoms with Gasteiger partial charge in [-0.25, -0.2) is 0 Å². The predicted molar refractivity (Wildman–Crippen MR) is 48.9 cm³/mol. The first-order valence-corrected chi connectivity index (χ1v) is 5.37. The Balaban J connectivity index is 2.55. The maximum atomic E-state index is 11.3. The van der Waals surface area contributed by atoms with Gasteiger partial charge in [-0.2, -0.15) is 0 Å². The van der Waals surface area contributed by atoms with E-state index in [1.165, 1.54) is 12.8 Å². The van der Waals surface area contributed by atoms with Crippen LogP contribution in [0.4, 0.5) is 0 Å². The minimum absolute atomic E-state index is 0.0966. The van der Waals surface area contributed by atoms with E-state index in [0.717, 1.165) is 12.8 Å². The van der Waals surface area contributed by atoms with Gasteiger partial charge >= 0.3 is 0 Å². The summed E-state index contributed by atoms with van der Waals surface area (Å²) in [5.41, 5.74) is 0. The highest BCUT2D eigenvalue weighted by Gasteiger charge is 2.24. The summed E-state index contributed by atoms with van der Waals surface area (Å²) in [5.74, 6) is 0.317. The monoisotopic (exact) mass is 268 g/mol. The lowest BCUT2D eigenvalue weighted by atomic mass is 10.2. The molecule has 3 heteroatoms. The second kappa shape index (κ2) is 3.86. The standard InChI is InChI=1S/C7H10Br2O/c8-5-3-1-2-4-6(9)7(5)10/h5-6H,1-4H2. The Bertz CT molecular complexity index is 122. The molecule has 0 aromatic heterocycles. The van der Waals surface area contributed by atoms with Crippen LogP contribution in [-0.2, 0) is 4.79 Å². The fourth-order valence-corrected chi connectivity index (χ4v) is 2.77. The quantitative estimate of drug-likeness (QED) is 0.488. The Morgan fingerprint density at radius 3 is 1.90 bits per heavy atom. The topological polar surface area (TPSA) is 17.1 Å². The van der Waals surface area contributed by atoms with Crippen LogP contribution in [0.2, 0.25) is 0 Å². The summed E-state index contributed by atoms with van der Waals surface area (Å²) in [6.45, 7) is 0. The SMILES string of the molecule is O=C1C(Br)CCCCC1Br. The van der Waals surface area contributed by atoms with Gasteiger partial charge in [-0.3, -0.25) is 4.79 Å². The van der Waals surface area contributed by atoms with Gasteiger partial charge in [0.25, 0.3) is 0 Å². The molecule has 0 radical (unpaired) electrons. The highest BCUT2D eigenvalue weighted by atomic mass is 79.9. The molecule has 0 aromatic rings. The van der Waals surface area contributed by atoms with Crippen molar-refractivity contribution in [3.63, 3.8) is 0 Å². The summed E-state index contributed by atoms with van der Waals surface area (Å²) in [4.78, 5) is 11.4. The van der Waals surface area contributed by atoms with Gasteiger partial charge < -0.3 is 0 Å². The highest BCUT2D eigenvalue weighted by molar-refractivity contribution is 9.10. The van der Waals surface area contributed by atoms with Gasteiger partial charge in [0.2, 0.25) is 0 Å². The van der Waals surface area contributed by atoms with E-state index in [4.69, 9.17) is 0 Å². The van der Waals surface area contributed by atoms with Crippen molar-refractivity contribution >= 4 is 37.6 Å². The van der Waals surface area contributed by atoms with E-state index in [1.54, 1.807) is 0 Å². The van der Waals surface area contributed by atoms with Gasteiger partial charge in [0.15, 0.2) is 5.78 Å². The van der Waals surface area contributed by atoms with Crippen molar-refractivity contribution in [1.29, 1.82) is 0 Å². The molecule has 0 heterocycles. The smallest absolute Gasteiger partial charge is 0.160 e. The normalized spacial score (nSPS) is 35.6. The number of alkyl halides is 2. The number of hydrogen-bond acceptors (Lipinski definition) is 1. The van der Waals surface area contributed by atoms with Crippen LogP contribution in [0.5, 0.6) is 0 Å². The number of hydrogen-bond donors (Lipinski definition) is 0. The number of Topliss-reactive ketones (excluding diaryl/α,β-unsaturated/α-hetero) is 1. The number of carbonyl (C=O) groups is 1. The van der Waals surface area contributed by atoms with Crippen LogP contribution in [0, 0.1) is 0 Å². The number of ketones is 1. The molecule has 2 atom stereocenters. The number of halogens is 2. The summed E-state index contributed by atoms with van der Waals surface area (Å²) < 4.78 is 0. The predicted octanol–water partition coefficient (Wildman–Crippen LogP) is 2.66. The van der Waals surface area contributed by atoms with E-state index in [2.05, 4.69) is 31.9 Å². The van der Waals surface area contributed by atoms with Gasteiger partial charge in [0.1, 0.15) is 0 Å². The molecule has 0 spiro atoms. The first kappa shape index (κ1) is 8.72. The molecule has 0 bridgehead atoms. The summed E-state index contributed by atoms with van der Waals surface area (Å²) >= 11 is 6.73. The zero-order chi connectivity index (χ0) is 7.56. The van der Waals surface area contributed by atoms with Crippen LogP contribution in [0.3, 0.4) is 0 Å². The fourth-order valence-electron chi connectivity index (χ4n) is 1.13. The zero-order valence-electron chi connectivity index (χ0n) is 5.65. The van der Waals surface area contributed by atoms with Crippen LogP contribution in [0.1, 0.15) is 25.7 Å². The Hall–Kier alpha value is 0.630. The molecule has 10 heavy (non-hydrogen) atoms. The molecule has 0 amide bonds. The third-order valence-electron chi connectivity index (χ3n) is 1.78. The molecular formula is C7H10Br2O. The van der Waals surface area contributed by atoms with E-state index >= 15 is 0 Å². The molecule has 1 aliphatic rings. The van der Waals surface area contributed by atoms with E-state index in [0.29, 0.717) is 5.78 Å². The minimum atomic E-state index is 0.0966. The van der Waals surface area contributed by atoms with Crippen molar-refractivity contribution in [2.45, 2.75) is 35.3 Å². The number of rotatable bonds is 0. The third kappa shape index (κ3) is 2.06. The van der Waals surface area contributed by atoms with Crippen molar-refractivity contribution in [2.24, 2.45) is 0 Å². The highest BCUT2D eigenvalue weighted by Crippen LogP contribution is 2.24. The molecule has 0 aromatic carbocycles. The lowest BCUT2D eigenvalue weighted by molar-refractivity contribution is -0.117. The van der Waals surface area contributed by atoms with Gasteiger partial charge in [-0.05, 0) is 12.8 Å². The summed E-state index contributed by atoms with van der Waals surface area (Å²) in [5, 5.41) is 0. The van der Waals surface area contributed by atoms with Crippen molar-refractivity contribution in [3.05, 3.63) is 0 Å². The van der Waals surface area contributed by atoms with Gasteiger partial charge in [0.05, 0.1) is 9.65 Å². The molecule has 1 rings (SSSR count). The summed E-state index contributed by atoms with van der Waals surface area (Å²) in [6.07, 6.45) is 4.34. The Kier molecular flexibility index (Phi) is 3.37. The van der Waals surface area contributed by atoms with Crippen LogP contribution < -0.4 is 0 Å². The molecular weight excluding hydrogens is 260 g/mol. The Labute approximate surface area is 77.8 Å². The lowest BCUT2D eigenvalue weighted by Gasteiger charge is -2.06. The molecule has 0 N–H and O–H groups in total. The average Bonchev–Trinajstić information content (AvgIpc) is 2.04. The Morgan fingerprint density at radius 1 is 1.10 bits per heavy atom. The molecule has 1 aliphatic carbocycles. The molecule has 0 aliphatic heterocycles. The first-order chi connectivity index (χ1) is 4.72. The Morgan fingerprint density at radius 2 is 1.50 bits per heavy atom. The molecule has 58 valence electrons. The maximum Gasteiger partial charge on any atom is 0.160 e. The van der Waals surface area contributed by atoms with Crippen molar-refractivity contribution < 1.29 is 4.79 Å². The largest absolute Gasteiger partial charge is 0.297 e. The molecule has 2 unspecified atom stereocenters. The molecule has 1 fully saturated rings. The van der Waals surface area contributed by atoms with E-state index in [9.17, 15) is 4.79 Å². The van der Waals surface area contributed by atoms with Crippen LogP contribution in [0.25, 0.3) is 0 Å². The van der Waals surface area contributed by atoms with Crippen molar-refractivity contribution in [1.82, 2.24) is 0 Å². The van der Waals surface area contributed by atoms with Crippen molar-refractivity contribution in [3.8, 4) is 0 Å². The lowest BCUT2D eigenvalue weighted by Crippen LogP contribution is -2.21. The maximum absolute atomic E-state index is 11.3. The second-order valence-corrected chi connectivity index (χ2v) is 4.83. The van der Waals surface area contributed by atoms with Crippen LogP contribution in [-0.4, -0.2) is 15.4 Å². The van der Waals surface area contributed by atoms with Gasteiger partial charge in [-0.1, -0.05) is 44.7 Å². The van der Waals surface area contributed by atoms with Gasteiger partial charge in [0, 0.05) is 0 Å². The number of carbonyl (C=O) groups excluding carboxylic acids is 1. The minimum Gasteiger partial charge on any atom is -0.297 e. The molecule has 1 nitrogen and oxygen atoms in total. The molecule has 1 saturated carbocycles. The average molecular weight is 270 g/mol. The van der Waals surface area contributed by atoms with E-state index in [1.807, 2.05) is 0 Å². The molecule has 0 saturated heterocycles. The van der Waals surface area contributed by atoms with E-state index in [-0.39, 0.29) is 9.65 Å². The van der Waals surface area contributed by atoms with Crippen LogP contribution in [0.15, 0.2) is 0 Å². The van der Waals surface area contributed by atoms with Crippen LogP contribution >= 0.6 is 31.9 Å². The third-order valence-corrected chi connectivity index (χ3v) is 3.60. The summed E-state index contributed by atoms with van der Waals surface area (Å²) in [7, 11) is 0. The fraction of sp³-hybridized carbons (Fsp3) is 0.857. The van der Waals surface area contributed by atoms with Gasteiger partial charge in [-0.15, -0.1) is 0 Å². The zero-order valence-corrected chi connectivity index (χ0v) is 8.82. The van der Waals surface area contributed by atoms with Crippen molar-refractivity contribution in [2.75, 3.05) is 0 Å². The summed E-state index contributed by atoms with van der Waals surface area (Å²) in [6, 6.07) is 0.